The maximum absolute atomic E-state index is 9.15. The Bertz CT molecular complexity index is 476. The van der Waals surface area contributed by atoms with Gasteiger partial charge in [0.05, 0.1) is 6.20 Å². The molecule has 2 rings (SSSR count). The van der Waals surface area contributed by atoms with Crippen LogP contribution in [0.5, 0.6) is 5.75 Å². The predicted molar refractivity (Wildman–Crippen MR) is 64.8 cm³/mol. The van der Waals surface area contributed by atoms with Gasteiger partial charge in [-0.3, -0.25) is 4.98 Å². The van der Waals surface area contributed by atoms with Crippen LogP contribution in [0.3, 0.4) is 0 Å². The van der Waals surface area contributed by atoms with Crippen LogP contribution in [0.25, 0.3) is 0 Å². The first kappa shape index (κ1) is 11.6. The summed E-state index contributed by atoms with van der Waals surface area (Å²) < 4.78 is 5.50. The zero-order valence-corrected chi connectivity index (χ0v) is 9.15. The van der Waals surface area contributed by atoms with E-state index < -0.39 is 7.12 Å². The second-order valence-corrected chi connectivity index (χ2v) is 3.56. The van der Waals surface area contributed by atoms with Gasteiger partial charge in [-0.1, -0.05) is 30.3 Å². The number of benzene rings is 1. The standard InChI is InChI=1S/C12H12BNO3/c15-13(16)11-6-7-14-8-12(11)17-9-10-4-2-1-3-5-10/h1-8,15-16H,9H2. The molecule has 2 N–H and O–H groups in total. The maximum Gasteiger partial charge on any atom is 0.492 e. The summed E-state index contributed by atoms with van der Waals surface area (Å²) in [5.74, 6) is 0.381. The van der Waals surface area contributed by atoms with E-state index in [-0.39, 0.29) is 0 Å². The Morgan fingerprint density at radius 1 is 1.12 bits per heavy atom. The highest BCUT2D eigenvalue weighted by atomic mass is 16.5. The molecule has 1 heterocycles. The summed E-state index contributed by atoms with van der Waals surface area (Å²) in [4.78, 5) is 3.89. The van der Waals surface area contributed by atoms with Gasteiger partial charge in [0.25, 0.3) is 0 Å². The molecule has 0 aliphatic carbocycles. The minimum Gasteiger partial charge on any atom is -0.488 e. The van der Waals surface area contributed by atoms with Crippen molar-refractivity contribution in [2.45, 2.75) is 6.61 Å². The van der Waals surface area contributed by atoms with Crippen LogP contribution in [0, 0.1) is 0 Å². The molecule has 0 radical (unpaired) electrons. The van der Waals surface area contributed by atoms with E-state index in [0.29, 0.717) is 17.8 Å². The summed E-state index contributed by atoms with van der Waals surface area (Å²) in [7, 11) is -1.55. The second-order valence-electron chi connectivity index (χ2n) is 3.56. The minimum absolute atomic E-state index is 0.316. The van der Waals surface area contributed by atoms with Crippen LogP contribution in [0.2, 0.25) is 0 Å². The molecule has 0 atom stereocenters. The highest BCUT2D eigenvalue weighted by Crippen LogP contribution is 2.08. The largest absolute Gasteiger partial charge is 0.492 e. The lowest BCUT2D eigenvalue weighted by atomic mass is 9.80. The number of ether oxygens (including phenoxy) is 1. The van der Waals surface area contributed by atoms with Crippen LogP contribution < -0.4 is 10.2 Å². The van der Waals surface area contributed by atoms with Gasteiger partial charge in [-0.25, -0.2) is 0 Å². The quantitative estimate of drug-likeness (QED) is 0.742. The lowest BCUT2D eigenvalue weighted by Crippen LogP contribution is -2.31. The van der Waals surface area contributed by atoms with Crippen molar-refractivity contribution >= 4 is 12.6 Å². The molecule has 0 fully saturated rings. The van der Waals surface area contributed by atoms with Gasteiger partial charge in [0.1, 0.15) is 12.4 Å². The Morgan fingerprint density at radius 2 is 1.88 bits per heavy atom. The minimum atomic E-state index is -1.55. The molecule has 5 heteroatoms. The van der Waals surface area contributed by atoms with Gasteiger partial charge in [-0.2, -0.15) is 0 Å². The van der Waals surface area contributed by atoms with E-state index in [9.17, 15) is 0 Å². The molecule has 0 unspecified atom stereocenters. The zero-order valence-electron chi connectivity index (χ0n) is 9.15. The number of hydrogen-bond acceptors (Lipinski definition) is 4. The second kappa shape index (κ2) is 5.47. The van der Waals surface area contributed by atoms with Crippen molar-refractivity contribution in [3.8, 4) is 5.75 Å². The third-order valence-electron chi connectivity index (χ3n) is 2.33. The normalized spacial score (nSPS) is 10.0. The smallest absolute Gasteiger partial charge is 0.488 e. The van der Waals surface area contributed by atoms with Gasteiger partial charge >= 0.3 is 7.12 Å². The molecule has 0 saturated carbocycles. The molecule has 1 aromatic heterocycles. The SMILES string of the molecule is OB(O)c1ccncc1OCc1ccccc1. The maximum atomic E-state index is 9.15. The summed E-state index contributed by atoms with van der Waals surface area (Å²) >= 11 is 0. The van der Waals surface area contributed by atoms with Crippen LogP contribution in [0.15, 0.2) is 48.8 Å². The van der Waals surface area contributed by atoms with Crippen molar-refractivity contribution in [2.24, 2.45) is 0 Å². The van der Waals surface area contributed by atoms with E-state index in [1.165, 1.54) is 18.5 Å². The summed E-state index contributed by atoms with van der Waals surface area (Å²) in [5, 5.41) is 18.3. The van der Waals surface area contributed by atoms with Crippen molar-refractivity contribution < 1.29 is 14.8 Å². The molecule has 0 saturated heterocycles. The average molecular weight is 229 g/mol. The van der Waals surface area contributed by atoms with Crippen LogP contribution in [0.4, 0.5) is 0 Å². The monoisotopic (exact) mass is 229 g/mol. The van der Waals surface area contributed by atoms with Crippen LogP contribution in [-0.4, -0.2) is 22.2 Å². The molecule has 4 nitrogen and oxygen atoms in total. The fourth-order valence-electron chi connectivity index (χ4n) is 1.46. The van der Waals surface area contributed by atoms with E-state index in [1.54, 1.807) is 0 Å². The van der Waals surface area contributed by atoms with Gasteiger partial charge in [0.15, 0.2) is 0 Å². The first-order valence-electron chi connectivity index (χ1n) is 5.24. The Labute approximate surface area is 99.7 Å². The van der Waals surface area contributed by atoms with Gasteiger partial charge < -0.3 is 14.8 Å². The molecule has 0 aliphatic rings. The molecule has 0 amide bonds. The van der Waals surface area contributed by atoms with Crippen LogP contribution in [0.1, 0.15) is 5.56 Å². The number of aromatic nitrogens is 1. The summed E-state index contributed by atoms with van der Waals surface area (Å²) in [6, 6.07) is 11.2. The predicted octanol–water partition coefficient (Wildman–Crippen LogP) is 0.340. The number of nitrogens with zero attached hydrogens (tertiary/aromatic N) is 1. The fraction of sp³-hybridized carbons (Fsp3) is 0.0833. The molecule has 0 bridgehead atoms. The molecule has 17 heavy (non-hydrogen) atoms. The molecule has 0 spiro atoms. The highest BCUT2D eigenvalue weighted by molar-refractivity contribution is 6.59. The van der Waals surface area contributed by atoms with Crippen molar-refractivity contribution in [2.75, 3.05) is 0 Å². The molecule has 86 valence electrons. The summed E-state index contributed by atoms with van der Waals surface area (Å²) in [6.45, 7) is 0.367. The fourth-order valence-corrected chi connectivity index (χ4v) is 1.46. The van der Waals surface area contributed by atoms with Crippen LogP contribution >= 0.6 is 0 Å². The Kier molecular flexibility index (Phi) is 3.75. The van der Waals surface area contributed by atoms with Gasteiger partial charge in [0, 0.05) is 11.7 Å². The van der Waals surface area contributed by atoms with Crippen molar-refractivity contribution in [1.29, 1.82) is 0 Å². The average Bonchev–Trinajstić information content (AvgIpc) is 2.38. The lowest BCUT2D eigenvalue weighted by Gasteiger charge is -2.10. The molecular weight excluding hydrogens is 217 g/mol. The number of hydrogen-bond donors (Lipinski definition) is 2. The van der Waals surface area contributed by atoms with Crippen molar-refractivity contribution in [3.63, 3.8) is 0 Å². The molecule has 2 aromatic rings. The van der Waals surface area contributed by atoms with E-state index >= 15 is 0 Å². The first-order valence-corrected chi connectivity index (χ1v) is 5.24. The topological polar surface area (TPSA) is 62.6 Å². The van der Waals surface area contributed by atoms with Gasteiger partial charge in [0.2, 0.25) is 0 Å². The van der Waals surface area contributed by atoms with Crippen molar-refractivity contribution in [3.05, 3.63) is 54.4 Å². The van der Waals surface area contributed by atoms with Crippen LogP contribution in [-0.2, 0) is 6.61 Å². The molecular formula is C12H12BNO3. The van der Waals surface area contributed by atoms with E-state index in [2.05, 4.69) is 4.98 Å². The summed E-state index contributed by atoms with van der Waals surface area (Å²) in [5.41, 5.74) is 1.32. The first-order chi connectivity index (χ1) is 8.27. The zero-order chi connectivity index (χ0) is 12.1. The molecule has 0 aliphatic heterocycles. The number of rotatable bonds is 4. The molecule has 1 aromatic carbocycles. The van der Waals surface area contributed by atoms with Gasteiger partial charge in [-0.15, -0.1) is 0 Å². The Hall–Kier alpha value is -1.85. The lowest BCUT2D eigenvalue weighted by molar-refractivity contribution is 0.305. The van der Waals surface area contributed by atoms with E-state index in [4.69, 9.17) is 14.8 Å². The highest BCUT2D eigenvalue weighted by Gasteiger charge is 2.16. The van der Waals surface area contributed by atoms with E-state index in [0.717, 1.165) is 5.56 Å². The third kappa shape index (κ3) is 3.06. The van der Waals surface area contributed by atoms with Gasteiger partial charge in [-0.05, 0) is 11.6 Å². The summed E-state index contributed by atoms with van der Waals surface area (Å²) in [6.07, 6.45) is 2.96. The Morgan fingerprint density at radius 3 is 2.59 bits per heavy atom. The third-order valence-corrected chi connectivity index (χ3v) is 2.33. The number of pyridine rings is 1. The van der Waals surface area contributed by atoms with Crippen molar-refractivity contribution in [1.82, 2.24) is 4.98 Å². The Balaban J connectivity index is 2.09. The van der Waals surface area contributed by atoms with E-state index in [1.807, 2.05) is 30.3 Å².